The molecule has 0 bridgehead atoms. The van der Waals surface area contributed by atoms with Crippen molar-refractivity contribution in [1.82, 2.24) is 0 Å². The summed E-state index contributed by atoms with van der Waals surface area (Å²) in [5.41, 5.74) is 0.950. The van der Waals surface area contributed by atoms with Crippen molar-refractivity contribution in [2.45, 2.75) is 31.6 Å². The van der Waals surface area contributed by atoms with Crippen LogP contribution in [0.15, 0.2) is 29.2 Å². The number of hydrogen-bond acceptors (Lipinski definition) is 6. The quantitative estimate of drug-likeness (QED) is 0.513. The van der Waals surface area contributed by atoms with Crippen LogP contribution in [0.5, 0.6) is 0 Å². The zero-order valence-corrected chi connectivity index (χ0v) is 13.6. The lowest BCUT2D eigenvalue weighted by Crippen LogP contribution is -2.44. The van der Waals surface area contributed by atoms with Crippen LogP contribution < -0.4 is 0 Å². The van der Waals surface area contributed by atoms with Crippen molar-refractivity contribution in [3.8, 4) is 0 Å². The Bertz CT molecular complexity index is 525. The molecular formula is C14H22O6S. The van der Waals surface area contributed by atoms with Gasteiger partial charge >= 0.3 is 16.1 Å². The topological polar surface area (TPSA) is 71.1 Å². The van der Waals surface area contributed by atoms with Crippen LogP contribution in [-0.2, 0) is 28.5 Å². The lowest BCUT2D eigenvalue weighted by Gasteiger charge is -2.30. The number of ether oxygens (including phenoxy) is 3. The average Bonchev–Trinajstić information content (AvgIpc) is 2.45. The van der Waals surface area contributed by atoms with E-state index in [0.29, 0.717) is 6.61 Å². The Labute approximate surface area is 126 Å². The van der Waals surface area contributed by atoms with Crippen LogP contribution in [0.2, 0.25) is 0 Å². The fourth-order valence-electron chi connectivity index (χ4n) is 1.61. The van der Waals surface area contributed by atoms with Gasteiger partial charge in [0.05, 0.1) is 4.90 Å². The van der Waals surface area contributed by atoms with Crippen molar-refractivity contribution in [2.24, 2.45) is 0 Å². The minimum Gasteiger partial charge on any atom is -0.373 e. The van der Waals surface area contributed by atoms with Crippen molar-refractivity contribution in [3.05, 3.63) is 29.8 Å². The second-order valence-electron chi connectivity index (χ2n) is 4.31. The number of rotatable bonds is 9. The maximum absolute atomic E-state index is 12.3. The van der Waals surface area contributed by atoms with Crippen LogP contribution >= 0.6 is 0 Å². The molecule has 0 aliphatic heterocycles. The molecule has 0 amide bonds. The third-order valence-corrected chi connectivity index (χ3v) is 4.03. The molecule has 0 aliphatic rings. The first-order chi connectivity index (χ1) is 9.89. The van der Waals surface area contributed by atoms with Gasteiger partial charge in [-0.3, -0.25) is 0 Å². The second-order valence-corrected chi connectivity index (χ2v) is 5.85. The van der Waals surface area contributed by atoms with Gasteiger partial charge in [-0.15, -0.1) is 0 Å². The average molecular weight is 318 g/mol. The highest BCUT2D eigenvalue weighted by Gasteiger charge is 2.39. The Kier molecular flexibility index (Phi) is 6.76. The predicted octanol–water partition coefficient (Wildman–Crippen LogP) is 2.07. The Morgan fingerprint density at radius 2 is 1.71 bits per heavy atom. The van der Waals surface area contributed by atoms with Crippen LogP contribution in [0, 0.1) is 6.92 Å². The predicted molar refractivity (Wildman–Crippen MR) is 77.3 cm³/mol. The monoisotopic (exact) mass is 318 g/mol. The van der Waals surface area contributed by atoms with E-state index >= 15 is 0 Å². The lowest BCUT2D eigenvalue weighted by atomic mass is 10.2. The van der Waals surface area contributed by atoms with E-state index in [1.54, 1.807) is 26.0 Å². The van der Waals surface area contributed by atoms with E-state index in [9.17, 15) is 8.42 Å². The highest BCUT2D eigenvalue weighted by molar-refractivity contribution is 7.86. The zero-order chi connectivity index (χ0) is 15.9. The Morgan fingerprint density at radius 1 is 1.10 bits per heavy atom. The van der Waals surface area contributed by atoms with Gasteiger partial charge in [-0.1, -0.05) is 17.7 Å². The summed E-state index contributed by atoms with van der Waals surface area (Å²) >= 11 is 0. The molecule has 0 saturated heterocycles. The Balaban J connectivity index is 3.02. The molecule has 1 aromatic rings. The fraction of sp³-hybridized carbons (Fsp3) is 0.571. The number of hydrogen-bond donors (Lipinski definition) is 0. The largest absolute Gasteiger partial charge is 0.373 e. The van der Waals surface area contributed by atoms with Gasteiger partial charge in [0, 0.05) is 20.3 Å². The van der Waals surface area contributed by atoms with Crippen molar-refractivity contribution >= 4 is 10.1 Å². The Morgan fingerprint density at radius 3 is 2.19 bits per heavy atom. The molecule has 0 aromatic heterocycles. The van der Waals surface area contributed by atoms with E-state index in [4.69, 9.17) is 18.4 Å². The van der Waals surface area contributed by atoms with Gasteiger partial charge in [0.15, 0.2) is 0 Å². The molecular weight excluding hydrogens is 296 g/mol. The summed E-state index contributed by atoms with van der Waals surface area (Å²) in [6.45, 7) is 5.80. The number of aryl methyl sites for hydroxylation is 1. The van der Waals surface area contributed by atoms with E-state index in [-0.39, 0.29) is 18.1 Å². The third-order valence-electron chi connectivity index (χ3n) is 2.70. The molecule has 0 spiro atoms. The summed E-state index contributed by atoms with van der Waals surface area (Å²) in [4.78, 5) is 0.0331. The zero-order valence-electron chi connectivity index (χ0n) is 12.8. The minimum atomic E-state index is -4.03. The molecule has 0 aliphatic carbocycles. The van der Waals surface area contributed by atoms with Gasteiger partial charge in [-0.05, 0) is 32.9 Å². The smallest absolute Gasteiger partial charge is 0.322 e. The first-order valence-electron chi connectivity index (χ1n) is 6.68. The van der Waals surface area contributed by atoms with E-state index in [1.165, 1.54) is 19.2 Å². The fourth-order valence-corrected chi connectivity index (χ4v) is 2.67. The van der Waals surface area contributed by atoms with Crippen LogP contribution in [0.1, 0.15) is 19.4 Å². The van der Waals surface area contributed by atoms with Crippen LogP contribution in [0.25, 0.3) is 0 Å². The molecule has 6 nitrogen and oxygen atoms in total. The summed E-state index contributed by atoms with van der Waals surface area (Å²) in [6, 6.07) is 6.32. The summed E-state index contributed by atoms with van der Waals surface area (Å²) in [5, 5.41) is 0. The third kappa shape index (κ3) is 5.05. The summed E-state index contributed by atoms with van der Waals surface area (Å²) in [5.74, 6) is -1.78. The van der Waals surface area contributed by atoms with E-state index in [1.807, 2.05) is 6.92 Å². The first-order valence-corrected chi connectivity index (χ1v) is 8.09. The van der Waals surface area contributed by atoms with Gasteiger partial charge in [-0.25, -0.2) is 4.18 Å². The van der Waals surface area contributed by atoms with Gasteiger partial charge in [0.25, 0.3) is 0 Å². The van der Waals surface area contributed by atoms with Crippen molar-refractivity contribution in [3.63, 3.8) is 0 Å². The minimum absolute atomic E-state index is 0.0331. The molecule has 1 rings (SSSR count). The summed E-state index contributed by atoms with van der Waals surface area (Å²) < 4.78 is 45.4. The van der Waals surface area contributed by atoms with Crippen LogP contribution in [0.4, 0.5) is 0 Å². The molecule has 0 saturated carbocycles. The molecule has 0 N–H and O–H groups in total. The van der Waals surface area contributed by atoms with Crippen LogP contribution in [-0.4, -0.2) is 41.3 Å². The Hall–Kier alpha value is -0.990. The standard InChI is InChI=1S/C14H22O6S/c1-5-18-11-14(17-4,19-6-2)20-21(15,16)13-9-7-12(3)8-10-13/h7-10H,5-6,11H2,1-4H3. The van der Waals surface area contributed by atoms with E-state index in [2.05, 4.69) is 0 Å². The van der Waals surface area contributed by atoms with E-state index < -0.39 is 16.1 Å². The van der Waals surface area contributed by atoms with Crippen LogP contribution in [0.3, 0.4) is 0 Å². The van der Waals surface area contributed by atoms with Crippen molar-refractivity contribution in [2.75, 3.05) is 26.9 Å². The number of methoxy groups -OCH3 is 1. The van der Waals surface area contributed by atoms with Gasteiger partial charge in [0.1, 0.15) is 6.61 Å². The highest BCUT2D eigenvalue weighted by Crippen LogP contribution is 2.23. The number of benzene rings is 1. The molecule has 1 unspecified atom stereocenters. The van der Waals surface area contributed by atoms with Gasteiger partial charge in [0.2, 0.25) is 0 Å². The molecule has 21 heavy (non-hydrogen) atoms. The molecule has 120 valence electrons. The first kappa shape index (κ1) is 18.1. The molecule has 1 aromatic carbocycles. The lowest BCUT2D eigenvalue weighted by molar-refractivity contribution is -0.347. The highest BCUT2D eigenvalue weighted by atomic mass is 32.2. The molecule has 1 atom stereocenters. The SMILES string of the molecule is CCOCC(OC)(OCC)OS(=O)(=O)c1ccc(C)cc1. The molecule has 0 heterocycles. The van der Waals surface area contributed by atoms with Crippen molar-refractivity contribution in [1.29, 1.82) is 0 Å². The molecule has 0 radical (unpaired) electrons. The summed E-state index contributed by atoms with van der Waals surface area (Å²) in [6.07, 6.45) is 0. The van der Waals surface area contributed by atoms with Gasteiger partial charge in [-0.2, -0.15) is 8.42 Å². The molecule has 7 heteroatoms. The van der Waals surface area contributed by atoms with Crippen molar-refractivity contribution < 1.29 is 26.8 Å². The molecule has 0 fully saturated rings. The maximum atomic E-state index is 12.3. The summed E-state index contributed by atoms with van der Waals surface area (Å²) in [7, 11) is -2.72. The second kappa shape index (κ2) is 7.86. The van der Waals surface area contributed by atoms with Gasteiger partial charge < -0.3 is 14.2 Å². The normalized spacial score (nSPS) is 14.9. The maximum Gasteiger partial charge on any atom is 0.322 e. The van der Waals surface area contributed by atoms with E-state index in [0.717, 1.165) is 5.56 Å².